The molecular weight excluding hydrogens is 362 g/mol. The molecule has 5 heteroatoms. The predicted octanol–water partition coefficient (Wildman–Crippen LogP) is 4.72. The largest absolute Gasteiger partial charge is 0.240 e. The number of hydrogen-bond acceptors (Lipinski definition) is 2. The van der Waals surface area contributed by atoms with Crippen LogP contribution in [0.1, 0.15) is 52.9 Å². The van der Waals surface area contributed by atoms with E-state index >= 15 is 0 Å². The first kappa shape index (κ1) is 18.0. The fraction of sp³-hybridized carbons (Fsp3) is 0.647. The van der Waals surface area contributed by atoms with Crippen molar-refractivity contribution >= 4 is 26.0 Å². The lowest BCUT2D eigenvalue weighted by atomic mass is 9.69. The Labute approximate surface area is 143 Å². The van der Waals surface area contributed by atoms with Crippen molar-refractivity contribution in [1.82, 2.24) is 4.72 Å². The van der Waals surface area contributed by atoms with E-state index in [9.17, 15) is 8.42 Å². The quantitative estimate of drug-likeness (QED) is 0.793. The number of halogens is 1. The SMILES string of the molecule is CCC(C)(C)C1CCC(NS(=O)(=O)c2ccc(Br)cc2)CC1. The van der Waals surface area contributed by atoms with Gasteiger partial charge in [0.25, 0.3) is 0 Å². The minimum Gasteiger partial charge on any atom is -0.208 e. The number of benzene rings is 1. The minimum atomic E-state index is -3.41. The summed E-state index contributed by atoms with van der Waals surface area (Å²) in [6.07, 6.45) is 5.25. The van der Waals surface area contributed by atoms with Gasteiger partial charge in [0.05, 0.1) is 4.90 Å². The van der Waals surface area contributed by atoms with Crippen molar-refractivity contribution in [1.29, 1.82) is 0 Å². The van der Waals surface area contributed by atoms with E-state index in [4.69, 9.17) is 0 Å². The van der Waals surface area contributed by atoms with Crippen molar-refractivity contribution in [2.75, 3.05) is 0 Å². The van der Waals surface area contributed by atoms with Gasteiger partial charge in [0, 0.05) is 10.5 Å². The highest BCUT2D eigenvalue weighted by atomic mass is 79.9. The Hall–Kier alpha value is -0.390. The second kappa shape index (κ2) is 7.02. The maximum absolute atomic E-state index is 12.4. The van der Waals surface area contributed by atoms with Gasteiger partial charge in [-0.15, -0.1) is 0 Å². The smallest absolute Gasteiger partial charge is 0.208 e. The maximum atomic E-state index is 12.4. The van der Waals surface area contributed by atoms with Crippen LogP contribution in [0, 0.1) is 11.3 Å². The molecule has 0 unspecified atom stereocenters. The third-order valence-corrected chi connectivity index (χ3v) is 7.25. The zero-order valence-electron chi connectivity index (χ0n) is 13.6. The fourth-order valence-corrected chi connectivity index (χ4v) is 4.75. The number of nitrogens with one attached hydrogen (secondary N) is 1. The van der Waals surface area contributed by atoms with Crippen LogP contribution in [-0.2, 0) is 10.0 Å². The molecule has 0 spiro atoms. The molecule has 0 bridgehead atoms. The molecule has 1 fully saturated rings. The van der Waals surface area contributed by atoms with Crippen LogP contribution >= 0.6 is 15.9 Å². The standard InChI is InChI=1S/C17H26BrNO2S/c1-4-17(2,3)13-5-9-15(10-6-13)19-22(20,21)16-11-7-14(18)8-12-16/h7-8,11-13,15,19H,4-6,9-10H2,1-3H3. The van der Waals surface area contributed by atoms with Gasteiger partial charge in [-0.3, -0.25) is 0 Å². The van der Waals surface area contributed by atoms with Crippen LogP contribution in [0.2, 0.25) is 0 Å². The van der Waals surface area contributed by atoms with Gasteiger partial charge in [0.15, 0.2) is 0 Å². The predicted molar refractivity (Wildman–Crippen MR) is 94.3 cm³/mol. The first-order valence-corrected chi connectivity index (χ1v) is 10.3. The van der Waals surface area contributed by atoms with Crippen LogP contribution < -0.4 is 4.72 Å². The fourth-order valence-electron chi connectivity index (χ4n) is 3.18. The van der Waals surface area contributed by atoms with Crippen molar-refractivity contribution in [3.8, 4) is 0 Å². The monoisotopic (exact) mass is 387 g/mol. The van der Waals surface area contributed by atoms with Gasteiger partial charge < -0.3 is 0 Å². The van der Waals surface area contributed by atoms with Crippen molar-refractivity contribution in [2.24, 2.45) is 11.3 Å². The van der Waals surface area contributed by atoms with E-state index in [0.717, 1.165) is 30.2 Å². The lowest BCUT2D eigenvalue weighted by molar-refractivity contribution is 0.142. The molecule has 1 N–H and O–H groups in total. The topological polar surface area (TPSA) is 46.2 Å². The van der Waals surface area contributed by atoms with Crippen LogP contribution in [0.15, 0.2) is 33.6 Å². The Morgan fingerprint density at radius 1 is 1.14 bits per heavy atom. The summed E-state index contributed by atoms with van der Waals surface area (Å²) in [5.41, 5.74) is 0.357. The molecule has 0 saturated heterocycles. The van der Waals surface area contributed by atoms with Crippen LogP contribution in [0.5, 0.6) is 0 Å². The van der Waals surface area contributed by atoms with E-state index in [-0.39, 0.29) is 6.04 Å². The lowest BCUT2D eigenvalue weighted by Crippen LogP contribution is -2.39. The van der Waals surface area contributed by atoms with E-state index in [1.54, 1.807) is 24.3 Å². The highest BCUT2D eigenvalue weighted by molar-refractivity contribution is 9.10. The van der Waals surface area contributed by atoms with Crippen molar-refractivity contribution in [2.45, 2.75) is 63.8 Å². The van der Waals surface area contributed by atoms with E-state index in [2.05, 4.69) is 41.4 Å². The minimum absolute atomic E-state index is 0.0672. The van der Waals surface area contributed by atoms with Gasteiger partial charge in [0.2, 0.25) is 10.0 Å². The summed E-state index contributed by atoms with van der Waals surface area (Å²) in [6.45, 7) is 6.89. The molecule has 0 aromatic heterocycles. The molecular formula is C17H26BrNO2S. The Bertz CT molecular complexity index is 588. The van der Waals surface area contributed by atoms with E-state index in [1.165, 1.54) is 6.42 Å². The first-order chi connectivity index (χ1) is 10.2. The Kier molecular flexibility index (Phi) is 5.73. The molecule has 1 aliphatic rings. The van der Waals surface area contributed by atoms with Crippen LogP contribution in [0.4, 0.5) is 0 Å². The summed E-state index contributed by atoms with van der Waals surface area (Å²) in [7, 11) is -3.41. The van der Waals surface area contributed by atoms with Gasteiger partial charge in [0.1, 0.15) is 0 Å². The summed E-state index contributed by atoms with van der Waals surface area (Å²) in [6, 6.07) is 6.86. The number of sulfonamides is 1. The molecule has 1 aromatic rings. The van der Waals surface area contributed by atoms with Crippen molar-refractivity contribution < 1.29 is 8.42 Å². The zero-order valence-corrected chi connectivity index (χ0v) is 16.0. The van der Waals surface area contributed by atoms with Crippen LogP contribution in [0.25, 0.3) is 0 Å². The molecule has 0 radical (unpaired) electrons. The first-order valence-electron chi connectivity index (χ1n) is 8.02. The Balaban J connectivity index is 1.97. The van der Waals surface area contributed by atoms with Gasteiger partial charge in [-0.05, 0) is 61.3 Å². The lowest BCUT2D eigenvalue weighted by Gasteiger charge is -2.39. The Morgan fingerprint density at radius 3 is 2.18 bits per heavy atom. The molecule has 22 heavy (non-hydrogen) atoms. The van der Waals surface area contributed by atoms with Gasteiger partial charge >= 0.3 is 0 Å². The molecule has 0 atom stereocenters. The molecule has 2 rings (SSSR count). The molecule has 1 aromatic carbocycles. The molecule has 124 valence electrons. The van der Waals surface area contributed by atoms with E-state index in [0.29, 0.717) is 16.2 Å². The molecule has 0 heterocycles. The van der Waals surface area contributed by atoms with E-state index < -0.39 is 10.0 Å². The summed E-state index contributed by atoms with van der Waals surface area (Å²) in [5, 5.41) is 0. The van der Waals surface area contributed by atoms with Crippen LogP contribution in [-0.4, -0.2) is 14.5 Å². The van der Waals surface area contributed by atoms with Gasteiger partial charge in [-0.2, -0.15) is 0 Å². The molecule has 0 amide bonds. The summed E-state index contributed by atoms with van der Waals surface area (Å²) >= 11 is 3.33. The number of hydrogen-bond donors (Lipinski definition) is 1. The van der Waals surface area contributed by atoms with Crippen molar-refractivity contribution in [3.63, 3.8) is 0 Å². The average molecular weight is 388 g/mol. The third kappa shape index (κ3) is 4.33. The summed E-state index contributed by atoms with van der Waals surface area (Å²) < 4.78 is 28.6. The molecule has 1 saturated carbocycles. The highest BCUT2D eigenvalue weighted by Gasteiger charge is 2.33. The Morgan fingerprint density at radius 2 is 1.68 bits per heavy atom. The van der Waals surface area contributed by atoms with Crippen molar-refractivity contribution in [3.05, 3.63) is 28.7 Å². The average Bonchev–Trinajstić information content (AvgIpc) is 2.48. The number of rotatable bonds is 5. The molecule has 0 aliphatic heterocycles. The second-order valence-corrected chi connectivity index (χ2v) is 9.60. The molecule has 1 aliphatic carbocycles. The summed E-state index contributed by atoms with van der Waals surface area (Å²) in [4.78, 5) is 0.340. The van der Waals surface area contributed by atoms with Crippen LogP contribution in [0.3, 0.4) is 0 Å². The zero-order chi connectivity index (χ0) is 16.4. The highest BCUT2D eigenvalue weighted by Crippen LogP contribution is 2.40. The van der Waals surface area contributed by atoms with E-state index in [1.807, 2.05) is 0 Å². The van der Waals surface area contributed by atoms with Gasteiger partial charge in [-0.1, -0.05) is 43.1 Å². The third-order valence-electron chi connectivity index (χ3n) is 5.19. The van der Waals surface area contributed by atoms with Gasteiger partial charge in [-0.25, -0.2) is 13.1 Å². The molecule has 3 nitrogen and oxygen atoms in total. The summed E-state index contributed by atoms with van der Waals surface area (Å²) in [5.74, 6) is 0.700. The maximum Gasteiger partial charge on any atom is 0.240 e. The normalized spacial score (nSPS) is 23.5. The second-order valence-electron chi connectivity index (χ2n) is 6.97.